The Bertz CT molecular complexity index is 2630. The van der Waals surface area contributed by atoms with E-state index < -0.39 is 23.9 Å². The number of carbonyl (C=O) groups excluding carboxylic acids is 4. The molecule has 0 bridgehead atoms. The number of aliphatic carboxylic acids is 4. The number of carboxylic acid groups (broad SMARTS) is 4. The van der Waals surface area contributed by atoms with Gasteiger partial charge in [0.1, 0.15) is 0 Å². The van der Waals surface area contributed by atoms with Crippen molar-refractivity contribution in [2.75, 3.05) is 0 Å². The summed E-state index contributed by atoms with van der Waals surface area (Å²) in [6.45, 7) is 16.6. The van der Waals surface area contributed by atoms with Gasteiger partial charge in [-0.25, -0.2) is 0 Å². The van der Waals surface area contributed by atoms with E-state index in [0.29, 0.717) is 0 Å². The number of carboxylic acids is 4. The van der Waals surface area contributed by atoms with Crippen LogP contribution < -0.4 is 20.4 Å². The number of carbonyl (C=O) groups is 4. The normalized spacial score (nSPS) is 10.8. The molecule has 69 heavy (non-hydrogen) atoms. The van der Waals surface area contributed by atoms with Crippen molar-refractivity contribution in [3.8, 4) is 0 Å². The molecule has 0 aliphatic carbocycles. The fourth-order valence-corrected chi connectivity index (χ4v) is 9.72. The van der Waals surface area contributed by atoms with E-state index in [0.717, 1.165) is 118 Å². The third kappa shape index (κ3) is 13.0. The molecule has 0 fully saturated rings. The van der Waals surface area contributed by atoms with Gasteiger partial charge in [0.15, 0.2) is 0 Å². The second-order valence-electron chi connectivity index (χ2n) is 16.7. The molecule has 0 aliphatic heterocycles. The zero-order valence-corrected chi connectivity index (χ0v) is 42.7. The van der Waals surface area contributed by atoms with Crippen LogP contribution in [-0.4, -0.2) is 43.8 Å². The molecule has 8 aromatic rings. The molecule has 0 saturated carbocycles. The summed E-state index contributed by atoms with van der Waals surface area (Å²) >= 11 is 0. The van der Waals surface area contributed by atoms with Crippen LogP contribution in [0.3, 0.4) is 0 Å². The van der Waals surface area contributed by atoms with Gasteiger partial charge in [-0.2, -0.15) is 0 Å². The van der Waals surface area contributed by atoms with Gasteiger partial charge in [0.05, 0.1) is 0 Å². The molecule has 4 aromatic heterocycles. The van der Waals surface area contributed by atoms with Crippen molar-refractivity contribution in [3.05, 3.63) is 140 Å². The van der Waals surface area contributed by atoms with Gasteiger partial charge in [-0.15, -0.1) is 0 Å². The van der Waals surface area contributed by atoms with E-state index in [-0.39, 0.29) is 47.4 Å². The summed E-state index contributed by atoms with van der Waals surface area (Å²) in [6, 6.07) is 24.4. The first-order valence-corrected chi connectivity index (χ1v) is 23.9. The smallest absolute Gasteiger partial charge is 0.550 e. The monoisotopic (exact) mass is 968 g/mol. The molecule has 0 spiro atoms. The molecule has 0 aliphatic rings. The van der Waals surface area contributed by atoms with E-state index in [2.05, 4.69) is 71.9 Å². The van der Waals surface area contributed by atoms with Crippen LogP contribution in [0.2, 0.25) is 0 Å². The number of aromatic amines is 4. The summed E-state index contributed by atoms with van der Waals surface area (Å²) in [6.07, 6.45) is 6.97. The summed E-state index contributed by atoms with van der Waals surface area (Å²) in [4.78, 5) is 55.7. The first kappa shape index (κ1) is 55.2. The Balaban J connectivity index is 0.000000199. The molecule has 0 unspecified atom stereocenters. The number of benzene rings is 4. The largest absolute Gasteiger partial charge is 4.00 e. The summed E-state index contributed by atoms with van der Waals surface area (Å²) in [5.74, 6) is -4.15. The van der Waals surface area contributed by atoms with Gasteiger partial charge >= 0.3 is 21.7 Å². The maximum atomic E-state index is 10.7. The van der Waals surface area contributed by atoms with Gasteiger partial charge in [0.2, 0.25) is 0 Å². The molecule has 8 rings (SSSR count). The Morgan fingerprint density at radius 3 is 0.667 bits per heavy atom. The predicted octanol–water partition coefficient (Wildman–Crippen LogP) is 6.34. The Morgan fingerprint density at radius 2 is 0.522 bits per heavy atom. The second-order valence-corrected chi connectivity index (χ2v) is 16.7. The fourth-order valence-electron chi connectivity index (χ4n) is 9.72. The number of aryl methyl sites for hydroxylation is 8. The van der Waals surface area contributed by atoms with Crippen LogP contribution in [-0.2, 0) is 118 Å². The SMILES string of the molecule is CCc1cccc2[nH]c(CC(=O)[O-])c(CC)c12.CCc1cccc2[nH]c(CC(=O)[O-])c(CC)c12.CCc1cccc2[nH]c(CC(=O)[O-])c(CC)c12.CCc1cccc2[nH]c(CC(=O)[O-])c(CC)c12.[Ti+4]. The summed E-state index contributed by atoms with van der Waals surface area (Å²) in [5.41, 5.74) is 16.7. The third-order valence-electron chi connectivity index (χ3n) is 12.6. The third-order valence-corrected chi connectivity index (χ3v) is 12.6. The molecule has 13 heteroatoms. The van der Waals surface area contributed by atoms with Crippen LogP contribution in [0.25, 0.3) is 43.6 Å². The number of hydrogen-bond donors (Lipinski definition) is 4. The Kier molecular flexibility index (Phi) is 20.7. The van der Waals surface area contributed by atoms with Crippen LogP contribution in [0.1, 0.15) is 123 Å². The number of nitrogens with one attached hydrogen (secondary N) is 4. The van der Waals surface area contributed by atoms with Gasteiger partial charge in [0, 0.05) is 116 Å². The molecule has 4 N–H and O–H groups in total. The number of aromatic nitrogens is 4. The van der Waals surface area contributed by atoms with Gasteiger partial charge in [-0.3, -0.25) is 0 Å². The minimum absolute atomic E-state index is 0. The first-order chi connectivity index (χ1) is 32.7. The zero-order chi connectivity index (χ0) is 49.7. The Morgan fingerprint density at radius 1 is 0.333 bits per heavy atom. The average molecular weight is 969 g/mol. The van der Waals surface area contributed by atoms with E-state index in [1.165, 1.54) is 43.8 Å². The van der Waals surface area contributed by atoms with E-state index in [9.17, 15) is 39.6 Å². The van der Waals surface area contributed by atoms with Crippen molar-refractivity contribution >= 4 is 67.5 Å². The maximum Gasteiger partial charge on any atom is 4.00 e. The number of fused-ring (bicyclic) bond motifs is 4. The van der Waals surface area contributed by atoms with Crippen molar-refractivity contribution in [2.45, 2.75) is 132 Å². The fraction of sp³-hybridized carbons (Fsp3) is 0.357. The standard InChI is InChI=1S/4C14H17NO2.Ti/c4*1-3-9-6-5-7-11-14(9)10(4-2)12(15-11)8-13(16)17;/h4*5-7,15H,3-4,8H2,1-2H3,(H,16,17);/q;;;;+4/p-4. The minimum Gasteiger partial charge on any atom is -0.550 e. The van der Waals surface area contributed by atoms with Crippen molar-refractivity contribution in [2.24, 2.45) is 0 Å². The first-order valence-electron chi connectivity index (χ1n) is 23.9. The van der Waals surface area contributed by atoms with Crippen LogP contribution in [0.4, 0.5) is 0 Å². The van der Waals surface area contributed by atoms with Crippen LogP contribution in [0, 0.1) is 0 Å². The van der Waals surface area contributed by atoms with Crippen molar-refractivity contribution in [3.63, 3.8) is 0 Å². The number of hydrogen-bond acceptors (Lipinski definition) is 8. The molecular weight excluding hydrogens is 905 g/mol. The van der Waals surface area contributed by atoms with Crippen molar-refractivity contribution in [1.82, 2.24) is 19.9 Å². The molecule has 0 saturated heterocycles. The summed E-state index contributed by atoms with van der Waals surface area (Å²) in [7, 11) is 0. The van der Waals surface area contributed by atoms with Crippen LogP contribution in [0.5, 0.6) is 0 Å². The minimum atomic E-state index is -1.04. The van der Waals surface area contributed by atoms with Crippen molar-refractivity contribution in [1.29, 1.82) is 0 Å². The van der Waals surface area contributed by atoms with E-state index in [1.807, 2.05) is 76.2 Å². The van der Waals surface area contributed by atoms with Gasteiger partial charge in [0.25, 0.3) is 0 Å². The predicted molar refractivity (Wildman–Crippen MR) is 263 cm³/mol. The van der Waals surface area contributed by atoms with E-state index in [4.69, 9.17) is 0 Å². The molecule has 0 amide bonds. The average Bonchev–Trinajstić information content (AvgIpc) is 4.07. The molecule has 4 aromatic carbocycles. The second kappa shape index (κ2) is 25.8. The van der Waals surface area contributed by atoms with Crippen LogP contribution in [0.15, 0.2) is 72.8 Å². The summed E-state index contributed by atoms with van der Waals surface area (Å²) < 4.78 is 0. The van der Waals surface area contributed by atoms with Gasteiger partial charge in [-0.1, -0.05) is 104 Å². The number of H-pyrrole nitrogens is 4. The molecular formula is C56H64N4O8Ti. The Labute approximate surface area is 419 Å². The molecule has 360 valence electrons. The van der Waals surface area contributed by atoms with Crippen LogP contribution >= 0.6 is 0 Å². The molecule has 0 atom stereocenters. The van der Waals surface area contributed by atoms with Gasteiger partial charge in [-0.05, 0) is 120 Å². The topological polar surface area (TPSA) is 224 Å². The quantitative estimate of drug-likeness (QED) is 0.0799. The molecule has 0 radical (unpaired) electrons. The Hall–Kier alpha value is -6.37. The van der Waals surface area contributed by atoms with E-state index >= 15 is 0 Å². The zero-order valence-electron chi connectivity index (χ0n) is 41.2. The summed E-state index contributed by atoms with van der Waals surface area (Å²) in [5, 5.41) is 47.7. The van der Waals surface area contributed by atoms with Gasteiger partial charge < -0.3 is 59.5 Å². The molecule has 12 nitrogen and oxygen atoms in total. The molecule has 4 heterocycles. The number of rotatable bonds is 16. The van der Waals surface area contributed by atoms with E-state index in [1.54, 1.807) is 0 Å². The van der Waals surface area contributed by atoms with Crippen molar-refractivity contribution < 1.29 is 61.3 Å². The maximum absolute atomic E-state index is 10.7.